The van der Waals surface area contributed by atoms with Crippen LogP contribution in [0, 0.1) is 5.92 Å². The highest BCUT2D eigenvalue weighted by Gasteiger charge is 2.22. The number of allylic oxidation sites excluding steroid dienone is 5. The molecule has 1 unspecified atom stereocenters. The second-order valence-corrected chi connectivity index (χ2v) is 7.56. The van der Waals surface area contributed by atoms with Crippen molar-refractivity contribution in [2.45, 2.75) is 39.8 Å². The molecule has 1 aromatic heterocycles. The number of pyridine rings is 1. The molecule has 0 bridgehead atoms. The van der Waals surface area contributed by atoms with E-state index in [1.54, 1.807) is 0 Å². The maximum absolute atomic E-state index is 5.77. The number of nitrogens with one attached hydrogen (secondary N) is 1. The predicted octanol–water partition coefficient (Wildman–Crippen LogP) is 3.99. The van der Waals surface area contributed by atoms with E-state index in [2.05, 4.69) is 48.4 Å². The molecule has 0 radical (unpaired) electrons. The van der Waals surface area contributed by atoms with E-state index in [9.17, 15) is 0 Å². The molecule has 1 atom stereocenters. The molecule has 1 saturated heterocycles. The smallest absolute Gasteiger partial charge is 0.115 e. The van der Waals surface area contributed by atoms with Gasteiger partial charge in [0, 0.05) is 45.3 Å². The van der Waals surface area contributed by atoms with Gasteiger partial charge >= 0.3 is 0 Å². The molecule has 2 aliphatic heterocycles. The van der Waals surface area contributed by atoms with Gasteiger partial charge in [0.1, 0.15) is 6.61 Å². The van der Waals surface area contributed by atoms with Gasteiger partial charge in [-0.25, -0.2) is 4.98 Å². The molecule has 1 aromatic rings. The summed E-state index contributed by atoms with van der Waals surface area (Å²) in [4.78, 5) is 7.60. The van der Waals surface area contributed by atoms with Crippen LogP contribution in [0.15, 0.2) is 30.6 Å². The zero-order valence-electron chi connectivity index (χ0n) is 15.9. The van der Waals surface area contributed by atoms with Gasteiger partial charge in [-0.3, -0.25) is 4.90 Å². The normalized spacial score (nSPS) is 23.1. The van der Waals surface area contributed by atoms with E-state index in [1.165, 1.54) is 22.3 Å². The van der Waals surface area contributed by atoms with Crippen LogP contribution < -0.4 is 5.32 Å². The monoisotopic (exact) mass is 353 g/mol. The number of ether oxygens (including phenoxy) is 1. The van der Waals surface area contributed by atoms with Crippen molar-refractivity contribution in [2.75, 3.05) is 26.2 Å². The second-order valence-electron chi connectivity index (χ2n) is 7.56. The minimum atomic E-state index is 0. The topological polar surface area (TPSA) is 37.4 Å². The van der Waals surface area contributed by atoms with Gasteiger partial charge in [-0.05, 0) is 36.0 Å². The summed E-state index contributed by atoms with van der Waals surface area (Å²) >= 11 is 0. The van der Waals surface area contributed by atoms with Crippen LogP contribution in [0.3, 0.4) is 0 Å². The molecule has 1 N–H and O–H groups in total. The van der Waals surface area contributed by atoms with Crippen molar-refractivity contribution in [3.05, 3.63) is 53.1 Å². The molecule has 26 heavy (non-hydrogen) atoms. The van der Waals surface area contributed by atoms with Gasteiger partial charge in [-0.2, -0.15) is 0 Å². The Morgan fingerprint density at radius 2 is 2.19 bits per heavy atom. The van der Waals surface area contributed by atoms with Crippen LogP contribution in [-0.4, -0.2) is 36.1 Å². The lowest BCUT2D eigenvalue weighted by Crippen LogP contribution is -2.43. The summed E-state index contributed by atoms with van der Waals surface area (Å²) in [5, 5.41) is 3.44. The Labute approximate surface area is 158 Å². The van der Waals surface area contributed by atoms with Gasteiger partial charge in [0.15, 0.2) is 0 Å². The van der Waals surface area contributed by atoms with Crippen LogP contribution in [0.1, 0.15) is 50.6 Å². The van der Waals surface area contributed by atoms with E-state index in [0.29, 0.717) is 12.5 Å². The zero-order valence-corrected chi connectivity index (χ0v) is 15.9. The molecule has 0 saturated carbocycles. The highest BCUT2D eigenvalue weighted by molar-refractivity contribution is 5.76. The Morgan fingerprint density at radius 1 is 1.35 bits per heavy atom. The third-order valence-electron chi connectivity index (χ3n) is 5.57. The zero-order chi connectivity index (χ0) is 17.9. The lowest BCUT2D eigenvalue weighted by atomic mass is 9.93. The van der Waals surface area contributed by atoms with Crippen LogP contribution in [-0.2, 0) is 17.9 Å². The van der Waals surface area contributed by atoms with Crippen molar-refractivity contribution in [1.82, 2.24) is 15.2 Å². The van der Waals surface area contributed by atoms with Crippen molar-refractivity contribution in [1.29, 1.82) is 0 Å². The summed E-state index contributed by atoms with van der Waals surface area (Å²) in [5.41, 5.74) is 7.38. The van der Waals surface area contributed by atoms with Crippen molar-refractivity contribution < 1.29 is 6.16 Å². The van der Waals surface area contributed by atoms with E-state index in [4.69, 9.17) is 9.72 Å². The lowest BCUT2D eigenvalue weighted by molar-refractivity contribution is 0.216. The summed E-state index contributed by atoms with van der Waals surface area (Å²) in [5.74, 6) is 0.621. The van der Waals surface area contributed by atoms with Crippen molar-refractivity contribution in [3.63, 3.8) is 0 Å². The van der Waals surface area contributed by atoms with Gasteiger partial charge in [-0.1, -0.05) is 32.1 Å². The first-order valence-electron chi connectivity index (χ1n) is 9.90. The van der Waals surface area contributed by atoms with E-state index in [-0.39, 0.29) is 1.43 Å². The SMILES string of the molecule is CCC1=COCc2c(CN3CCNCC3)cc(C3=CCC(C)C=C3)nc21.[HH]. The van der Waals surface area contributed by atoms with E-state index in [0.717, 1.165) is 57.0 Å². The van der Waals surface area contributed by atoms with Crippen LogP contribution in [0.2, 0.25) is 0 Å². The maximum atomic E-state index is 5.77. The van der Waals surface area contributed by atoms with Crippen molar-refractivity contribution in [3.8, 4) is 0 Å². The van der Waals surface area contributed by atoms with Crippen LogP contribution in [0.5, 0.6) is 0 Å². The first-order chi connectivity index (χ1) is 12.7. The molecule has 4 rings (SSSR count). The number of hydrogen-bond acceptors (Lipinski definition) is 4. The van der Waals surface area contributed by atoms with Crippen LogP contribution in [0.25, 0.3) is 11.1 Å². The Morgan fingerprint density at radius 3 is 2.92 bits per heavy atom. The minimum Gasteiger partial charge on any atom is -0.496 e. The van der Waals surface area contributed by atoms with Crippen molar-refractivity contribution in [2.24, 2.45) is 5.92 Å². The van der Waals surface area contributed by atoms with Gasteiger partial charge in [0.05, 0.1) is 17.6 Å². The first-order valence-corrected chi connectivity index (χ1v) is 9.90. The second kappa shape index (κ2) is 7.77. The van der Waals surface area contributed by atoms with Gasteiger partial charge in [0.2, 0.25) is 0 Å². The Hall–Kier alpha value is -1.91. The average Bonchev–Trinajstić information content (AvgIpc) is 2.69. The maximum Gasteiger partial charge on any atom is 0.115 e. The largest absolute Gasteiger partial charge is 0.496 e. The average molecular weight is 354 g/mol. The molecule has 4 heteroatoms. The molecule has 3 heterocycles. The van der Waals surface area contributed by atoms with Gasteiger partial charge < -0.3 is 10.1 Å². The minimum absolute atomic E-state index is 0. The fourth-order valence-corrected chi connectivity index (χ4v) is 3.90. The molecule has 0 aromatic carbocycles. The Balaban J connectivity index is 0.00000210. The highest BCUT2D eigenvalue weighted by atomic mass is 16.5. The number of nitrogens with zero attached hydrogens (tertiary/aromatic N) is 2. The fraction of sp³-hybridized carbons (Fsp3) is 0.500. The van der Waals surface area contributed by atoms with E-state index < -0.39 is 0 Å². The standard InChI is InChI=1S/C22H29N3O.H2/c1-3-17-14-26-15-20-19(13-25-10-8-23-9-11-25)12-21(24-22(17)20)18-6-4-16(2)5-7-18;/h4,6-7,12,14,16,23H,3,5,8-11,13,15H2,1-2H3;1H. The molecule has 0 amide bonds. The molecule has 4 nitrogen and oxygen atoms in total. The third kappa shape index (κ3) is 3.62. The lowest BCUT2D eigenvalue weighted by Gasteiger charge is -2.29. The quantitative estimate of drug-likeness (QED) is 0.888. The van der Waals surface area contributed by atoms with Crippen LogP contribution in [0.4, 0.5) is 0 Å². The molecule has 1 aliphatic carbocycles. The van der Waals surface area contributed by atoms with Gasteiger partial charge in [-0.15, -0.1) is 0 Å². The number of aromatic nitrogens is 1. The Kier molecular flexibility index (Phi) is 5.23. The number of hydrogen-bond donors (Lipinski definition) is 1. The summed E-state index contributed by atoms with van der Waals surface area (Å²) in [7, 11) is 0. The molecule has 140 valence electrons. The molecular formula is C22H31N3O. The summed E-state index contributed by atoms with van der Waals surface area (Å²) in [6.45, 7) is 10.4. The summed E-state index contributed by atoms with van der Waals surface area (Å²) < 4.78 is 5.77. The number of rotatable bonds is 4. The summed E-state index contributed by atoms with van der Waals surface area (Å²) in [6, 6.07) is 2.30. The van der Waals surface area contributed by atoms with E-state index in [1.807, 2.05) is 6.26 Å². The Bertz CT molecular complexity index is 763. The number of fused-ring (bicyclic) bond motifs is 1. The predicted molar refractivity (Wildman–Crippen MR) is 108 cm³/mol. The summed E-state index contributed by atoms with van der Waals surface area (Å²) in [6.07, 6.45) is 10.8. The van der Waals surface area contributed by atoms with Crippen LogP contribution >= 0.6 is 0 Å². The first kappa shape index (κ1) is 17.5. The highest BCUT2D eigenvalue weighted by Crippen LogP contribution is 2.32. The molecular weight excluding hydrogens is 322 g/mol. The van der Waals surface area contributed by atoms with E-state index >= 15 is 0 Å². The fourth-order valence-electron chi connectivity index (χ4n) is 3.90. The molecule has 0 spiro atoms. The van der Waals surface area contributed by atoms with Crippen molar-refractivity contribution >= 4 is 11.1 Å². The van der Waals surface area contributed by atoms with Gasteiger partial charge in [0.25, 0.3) is 0 Å². The molecule has 3 aliphatic rings. The third-order valence-corrected chi connectivity index (χ3v) is 5.57. The number of piperazine rings is 1. The molecule has 1 fully saturated rings.